The third-order valence-corrected chi connectivity index (χ3v) is 3.82. The summed E-state index contributed by atoms with van der Waals surface area (Å²) < 4.78 is 13.7. The zero-order chi connectivity index (χ0) is 15.6. The molecule has 6 nitrogen and oxygen atoms in total. The van der Waals surface area contributed by atoms with E-state index in [4.69, 9.17) is 5.73 Å². The van der Waals surface area contributed by atoms with Gasteiger partial charge in [0.05, 0.1) is 11.5 Å². The van der Waals surface area contributed by atoms with E-state index in [2.05, 4.69) is 5.32 Å². The van der Waals surface area contributed by atoms with Crippen molar-refractivity contribution in [2.24, 2.45) is 0 Å². The molecular weight excluding hydrogens is 297 g/mol. The van der Waals surface area contributed by atoms with Crippen LogP contribution in [0.2, 0.25) is 0 Å². The van der Waals surface area contributed by atoms with Gasteiger partial charge in [0.15, 0.2) is 0 Å². The van der Waals surface area contributed by atoms with Gasteiger partial charge in [-0.15, -0.1) is 11.3 Å². The third kappa shape index (κ3) is 3.16. The van der Waals surface area contributed by atoms with Crippen LogP contribution in [-0.2, 0) is 6.54 Å². The van der Waals surface area contributed by atoms with Gasteiger partial charge in [-0.1, -0.05) is 0 Å². The molecular formula is C13H12FN3O3S. The van der Waals surface area contributed by atoms with Crippen LogP contribution in [0.15, 0.2) is 24.3 Å². The second-order valence-electron chi connectivity index (χ2n) is 4.31. The van der Waals surface area contributed by atoms with E-state index in [0.717, 1.165) is 21.9 Å². The van der Waals surface area contributed by atoms with Crippen molar-refractivity contribution >= 4 is 28.6 Å². The van der Waals surface area contributed by atoms with Gasteiger partial charge in [0.25, 0.3) is 11.6 Å². The van der Waals surface area contributed by atoms with Gasteiger partial charge >= 0.3 is 0 Å². The lowest BCUT2D eigenvalue weighted by Gasteiger charge is -2.08. The fourth-order valence-electron chi connectivity index (χ4n) is 1.81. The average Bonchev–Trinajstić information content (AvgIpc) is 2.82. The summed E-state index contributed by atoms with van der Waals surface area (Å²) in [6.45, 7) is 2.13. The van der Waals surface area contributed by atoms with Gasteiger partial charge in [0.1, 0.15) is 17.1 Å². The number of carbonyl (C=O) groups is 1. The summed E-state index contributed by atoms with van der Waals surface area (Å²) in [6.07, 6.45) is 0. The zero-order valence-electron chi connectivity index (χ0n) is 11.1. The fourth-order valence-corrected chi connectivity index (χ4v) is 2.64. The van der Waals surface area contributed by atoms with Crippen LogP contribution >= 0.6 is 11.3 Å². The molecule has 110 valence electrons. The first-order valence-electron chi connectivity index (χ1n) is 5.96. The van der Waals surface area contributed by atoms with E-state index in [-0.39, 0.29) is 6.54 Å². The molecule has 8 heteroatoms. The fraction of sp³-hybridized carbons (Fsp3) is 0.154. The number of aryl methyl sites for hydroxylation is 1. The van der Waals surface area contributed by atoms with Gasteiger partial charge in [-0.05, 0) is 25.1 Å². The second kappa shape index (κ2) is 5.88. The van der Waals surface area contributed by atoms with Crippen molar-refractivity contribution in [2.75, 3.05) is 5.73 Å². The number of hydrogen-bond donors (Lipinski definition) is 2. The Bertz CT molecular complexity index is 715. The molecule has 0 spiro atoms. The summed E-state index contributed by atoms with van der Waals surface area (Å²) >= 11 is 1.49. The van der Waals surface area contributed by atoms with E-state index in [0.29, 0.717) is 0 Å². The molecule has 0 aliphatic heterocycles. The van der Waals surface area contributed by atoms with Crippen LogP contribution < -0.4 is 11.1 Å². The standard InChI is InChI=1S/C13H12FN3O3S/c1-7-2-3-8(21-7)6-16-13(18)11-9(14)4-5-10(12(11)15)17(19)20/h2-5H,6,15H2,1H3,(H,16,18). The summed E-state index contributed by atoms with van der Waals surface area (Å²) in [5.41, 5.74) is 4.05. The first kappa shape index (κ1) is 14.9. The number of halogens is 1. The van der Waals surface area contributed by atoms with Crippen molar-refractivity contribution in [1.29, 1.82) is 0 Å². The van der Waals surface area contributed by atoms with Crippen LogP contribution in [0.25, 0.3) is 0 Å². The number of nitro benzene ring substituents is 1. The zero-order valence-corrected chi connectivity index (χ0v) is 11.9. The minimum Gasteiger partial charge on any atom is -0.392 e. The van der Waals surface area contributed by atoms with E-state index >= 15 is 0 Å². The Morgan fingerprint density at radius 1 is 1.43 bits per heavy atom. The molecule has 0 aliphatic rings. The molecule has 0 bridgehead atoms. The van der Waals surface area contributed by atoms with Crippen molar-refractivity contribution in [3.05, 3.63) is 55.5 Å². The van der Waals surface area contributed by atoms with Gasteiger partial charge in [-0.25, -0.2) is 4.39 Å². The lowest BCUT2D eigenvalue weighted by atomic mass is 10.1. The number of nitrogens with one attached hydrogen (secondary N) is 1. The largest absolute Gasteiger partial charge is 0.392 e. The lowest BCUT2D eigenvalue weighted by Crippen LogP contribution is -2.25. The number of carbonyl (C=O) groups excluding carboxylic acids is 1. The number of nitro groups is 1. The number of nitrogens with two attached hydrogens (primary N) is 1. The monoisotopic (exact) mass is 309 g/mol. The highest BCUT2D eigenvalue weighted by molar-refractivity contribution is 7.11. The Kier molecular flexibility index (Phi) is 4.18. The Balaban J connectivity index is 2.22. The van der Waals surface area contributed by atoms with E-state index in [1.807, 2.05) is 19.1 Å². The van der Waals surface area contributed by atoms with Crippen LogP contribution in [0.3, 0.4) is 0 Å². The highest BCUT2D eigenvalue weighted by Gasteiger charge is 2.23. The molecule has 0 saturated carbocycles. The van der Waals surface area contributed by atoms with Gasteiger partial charge in [-0.2, -0.15) is 0 Å². The number of hydrogen-bond acceptors (Lipinski definition) is 5. The third-order valence-electron chi connectivity index (χ3n) is 2.81. The molecule has 0 atom stereocenters. The SMILES string of the molecule is Cc1ccc(CNC(=O)c2c(F)ccc([N+](=O)[O-])c2N)s1. The Hall–Kier alpha value is -2.48. The molecule has 0 aliphatic carbocycles. The smallest absolute Gasteiger partial charge is 0.293 e. The lowest BCUT2D eigenvalue weighted by molar-refractivity contribution is -0.384. The van der Waals surface area contributed by atoms with Gasteiger partial charge < -0.3 is 11.1 Å². The van der Waals surface area contributed by atoms with Crippen LogP contribution in [0.1, 0.15) is 20.1 Å². The van der Waals surface area contributed by atoms with Crippen molar-refractivity contribution in [1.82, 2.24) is 5.32 Å². The number of anilines is 1. The summed E-state index contributed by atoms with van der Waals surface area (Å²) in [5, 5.41) is 13.3. The van der Waals surface area contributed by atoms with Crippen LogP contribution in [0.4, 0.5) is 15.8 Å². The molecule has 2 aromatic rings. The molecule has 1 amide bonds. The van der Waals surface area contributed by atoms with Crippen LogP contribution in [0, 0.1) is 22.9 Å². The minimum atomic E-state index is -0.891. The number of rotatable bonds is 4. The highest BCUT2D eigenvalue weighted by atomic mass is 32.1. The summed E-state index contributed by atoms with van der Waals surface area (Å²) in [6, 6.07) is 5.53. The number of amides is 1. The number of thiophene rings is 1. The predicted octanol–water partition coefficient (Wildman–Crippen LogP) is 2.62. The maximum atomic E-state index is 13.7. The quantitative estimate of drug-likeness (QED) is 0.515. The predicted molar refractivity (Wildman–Crippen MR) is 77.7 cm³/mol. The maximum Gasteiger partial charge on any atom is 0.293 e. The molecule has 1 aromatic carbocycles. The molecule has 2 rings (SSSR count). The number of nitrogens with zero attached hydrogens (tertiary/aromatic N) is 1. The van der Waals surface area contributed by atoms with Crippen molar-refractivity contribution in [3.63, 3.8) is 0 Å². The van der Waals surface area contributed by atoms with E-state index in [1.165, 1.54) is 11.3 Å². The summed E-state index contributed by atoms with van der Waals surface area (Å²) in [7, 11) is 0. The number of nitrogen functional groups attached to an aromatic ring is 1. The molecule has 3 N–H and O–H groups in total. The summed E-state index contributed by atoms with van der Waals surface area (Å²) in [4.78, 5) is 24.0. The maximum absolute atomic E-state index is 13.7. The van der Waals surface area contributed by atoms with Crippen LogP contribution in [-0.4, -0.2) is 10.8 Å². The first-order valence-corrected chi connectivity index (χ1v) is 6.77. The summed E-state index contributed by atoms with van der Waals surface area (Å²) in [5.74, 6) is -1.67. The molecule has 0 saturated heterocycles. The Morgan fingerprint density at radius 3 is 2.71 bits per heavy atom. The number of benzene rings is 1. The van der Waals surface area contributed by atoms with Gasteiger partial charge in [0, 0.05) is 15.8 Å². The average molecular weight is 309 g/mol. The Labute approximate surface area is 123 Å². The second-order valence-corrected chi connectivity index (χ2v) is 5.68. The highest BCUT2D eigenvalue weighted by Crippen LogP contribution is 2.27. The molecule has 1 aromatic heterocycles. The Morgan fingerprint density at radius 2 is 2.14 bits per heavy atom. The van der Waals surface area contributed by atoms with E-state index in [1.54, 1.807) is 0 Å². The molecule has 0 radical (unpaired) electrons. The first-order chi connectivity index (χ1) is 9.90. The van der Waals surface area contributed by atoms with Gasteiger partial charge in [0.2, 0.25) is 0 Å². The normalized spacial score (nSPS) is 10.4. The topological polar surface area (TPSA) is 98.3 Å². The molecule has 21 heavy (non-hydrogen) atoms. The molecule has 0 unspecified atom stereocenters. The molecule has 0 fully saturated rings. The van der Waals surface area contributed by atoms with E-state index in [9.17, 15) is 19.3 Å². The van der Waals surface area contributed by atoms with Gasteiger partial charge in [-0.3, -0.25) is 14.9 Å². The van der Waals surface area contributed by atoms with Crippen LogP contribution in [0.5, 0.6) is 0 Å². The van der Waals surface area contributed by atoms with Crippen molar-refractivity contribution in [3.8, 4) is 0 Å². The van der Waals surface area contributed by atoms with Crippen molar-refractivity contribution < 1.29 is 14.1 Å². The molecule has 1 heterocycles. The van der Waals surface area contributed by atoms with E-state index < -0.39 is 33.6 Å². The van der Waals surface area contributed by atoms with Crippen molar-refractivity contribution in [2.45, 2.75) is 13.5 Å². The minimum absolute atomic E-state index is 0.207.